The molecule has 21 heavy (non-hydrogen) atoms. The number of hydrogen-bond acceptors (Lipinski definition) is 4. The minimum atomic E-state index is -3.48. The first-order chi connectivity index (χ1) is 10.1. The summed E-state index contributed by atoms with van der Waals surface area (Å²) in [5, 5.41) is 9.71. The van der Waals surface area contributed by atoms with Crippen LogP contribution in [0.1, 0.15) is 37.7 Å². The van der Waals surface area contributed by atoms with E-state index in [-0.39, 0.29) is 16.9 Å². The lowest BCUT2D eigenvalue weighted by Gasteiger charge is -2.34. The van der Waals surface area contributed by atoms with Crippen LogP contribution in [-0.4, -0.2) is 32.5 Å². The van der Waals surface area contributed by atoms with E-state index in [9.17, 15) is 13.5 Å². The lowest BCUT2D eigenvalue weighted by Crippen LogP contribution is -2.33. The third kappa shape index (κ3) is 2.70. The van der Waals surface area contributed by atoms with Crippen molar-refractivity contribution in [3.8, 4) is 0 Å². The Kier molecular flexibility index (Phi) is 3.75. The Morgan fingerprint density at radius 2 is 1.90 bits per heavy atom. The molecule has 0 radical (unpaired) electrons. The molecule has 1 heterocycles. The van der Waals surface area contributed by atoms with Crippen molar-refractivity contribution in [1.82, 2.24) is 4.72 Å². The van der Waals surface area contributed by atoms with Crippen LogP contribution in [0.5, 0.6) is 0 Å². The molecule has 2 N–H and O–H groups in total. The Balaban J connectivity index is 1.88. The average molecular weight is 308 g/mol. The first-order valence-corrected chi connectivity index (χ1v) is 8.82. The predicted molar refractivity (Wildman–Crippen MR) is 80.8 cm³/mol. The van der Waals surface area contributed by atoms with Crippen LogP contribution in [0.3, 0.4) is 0 Å². The Morgan fingerprint density at radius 1 is 1.19 bits per heavy atom. The molecule has 1 aromatic carbocycles. The number of nitrogens with zero attached hydrogens (tertiary/aromatic N) is 1. The summed E-state index contributed by atoms with van der Waals surface area (Å²) in [4.78, 5) is 4.78. The van der Waals surface area contributed by atoms with Gasteiger partial charge in [0.05, 0.1) is 11.5 Å². The van der Waals surface area contributed by atoms with Gasteiger partial charge in [-0.3, -0.25) is 9.71 Å². The van der Waals surface area contributed by atoms with Crippen LogP contribution >= 0.6 is 0 Å². The zero-order chi connectivity index (χ0) is 14.9. The predicted octanol–water partition coefficient (Wildman–Crippen LogP) is 1.67. The fourth-order valence-corrected chi connectivity index (χ4v) is 4.42. The smallest absolute Gasteiger partial charge is 0.263 e. The van der Waals surface area contributed by atoms with E-state index >= 15 is 0 Å². The number of fused-ring (bicyclic) bond motifs is 1. The quantitative estimate of drug-likeness (QED) is 0.891. The van der Waals surface area contributed by atoms with Gasteiger partial charge in [-0.05, 0) is 25.0 Å². The highest BCUT2D eigenvalue weighted by Crippen LogP contribution is 2.36. The first-order valence-electron chi connectivity index (χ1n) is 7.34. The first kappa shape index (κ1) is 14.5. The Labute approximate surface area is 125 Å². The standard InChI is InChI=1S/C15H20N2O3S/c18-11-15(8-4-1-5-9-15)10-16-14-12-6-2-3-7-13(12)21(19,20)17-14/h2-3,6-7,18H,1,4-5,8-11H2,(H,16,17). The minimum absolute atomic E-state index is 0.109. The molecule has 114 valence electrons. The molecule has 0 saturated heterocycles. The van der Waals surface area contributed by atoms with Crippen molar-refractivity contribution in [2.75, 3.05) is 13.2 Å². The van der Waals surface area contributed by atoms with Gasteiger partial charge in [-0.1, -0.05) is 31.4 Å². The van der Waals surface area contributed by atoms with Gasteiger partial charge in [0.25, 0.3) is 10.0 Å². The van der Waals surface area contributed by atoms with E-state index in [1.165, 1.54) is 6.42 Å². The van der Waals surface area contributed by atoms with Gasteiger partial charge in [0.1, 0.15) is 5.84 Å². The van der Waals surface area contributed by atoms with E-state index in [0.29, 0.717) is 17.9 Å². The maximum atomic E-state index is 12.0. The van der Waals surface area contributed by atoms with Crippen molar-refractivity contribution in [2.45, 2.75) is 37.0 Å². The summed E-state index contributed by atoms with van der Waals surface area (Å²) in [7, 11) is -3.48. The van der Waals surface area contributed by atoms with Gasteiger partial charge in [0.2, 0.25) is 0 Å². The third-order valence-electron chi connectivity index (χ3n) is 4.48. The third-order valence-corrected chi connectivity index (χ3v) is 5.88. The van der Waals surface area contributed by atoms with Crippen LogP contribution in [-0.2, 0) is 10.0 Å². The number of rotatable bonds is 3. The largest absolute Gasteiger partial charge is 0.396 e. The van der Waals surface area contributed by atoms with E-state index in [1.54, 1.807) is 24.3 Å². The monoisotopic (exact) mass is 308 g/mol. The molecule has 1 aromatic rings. The van der Waals surface area contributed by atoms with Crippen LogP contribution in [0.4, 0.5) is 0 Å². The Bertz CT molecular complexity index is 661. The van der Waals surface area contributed by atoms with E-state index in [1.807, 2.05) is 0 Å². The van der Waals surface area contributed by atoms with Crippen LogP contribution in [0, 0.1) is 5.41 Å². The number of aliphatic hydroxyl groups excluding tert-OH is 1. The summed E-state index contributed by atoms with van der Waals surface area (Å²) in [6, 6.07) is 6.86. The van der Waals surface area contributed by atoms with Gasteiger partial charge < -0.3 is 5.11 Å². The van der Waals surface area contributed by atoms with Crippen molar-refractivity contribution >= 4 is 15.9 Å². The van der Waals surface area contributed by atoms with Crippen molar-refractivity contribution in [3.63, 3.8) is 0 Å². The van der Waals surface area contributed by atoms with Crippen LogP contribution < -0.4 is 4.72 Å². The number of aliphatic imine (C=N–C) groups is 1. The lowest BCUT2D eigenvalue weighted by molar-refractivity contribution is 0.0908. The molecule has 0 aromatic heterocycles. The number of hydrogen-bond donors (Lipinski definition) is 2. The SMILES string of the molecule is O=S1(=O)NC(=NCC2(CO)CCCCC2)c2ccccc21. The highest BCUT2D eigenvalue weighted by molar-refractivity contribution is 7.90. The number of sulfonamides is 1. The second kappa shape index (κ2) is 5.42. The van der Waals surface area contributed by atoms with Crippen molar-refractivity contribution in [3.05, 3.63) is 29.8 Å². The van der Waals surface area contributed by atoms with Crippen LogP contribution in [0.25, 0.3) is 0 Å². The van der Waals surface area contributed by atoms with Gasteiger partial charge >= 0.3 is 0 Å². The second-order valence-electron chi connectivity index (χ2n) is 5.99. The fourth-order valence-electron chi connectivity index (χ4n) is 3.17. The number of aliphatic hydroxyl groups is 1. The molecule has 0 amide bonds. The molecule has 1 aliphatic heterocycles. The molecule has 0 bridgehead atoms. The molecular weight excluding hydrogens is 288 g/mol. The summed E-state index contributed by atoms with van der Waals surface area (Å²) in [5.41, 5.74) is 0.440. The summed E-state index contributed by atoms with van der Waals surface area (Å²) >= 11 is 0. The zero-order valence-corrected chi connectivity index (χ0v) is 12.7. The lowest BCUT2D eigenvalue weighted by atomic mass is 9.75. The number of nitrogens with one attached hydrogen (secondary N) is 1. The maximum absolute atomic E-state index is 12.0. The average Bonchev–Trinajstić information content (AvgIpc) is 2.78. The molecule has 0 unspecified atom stereocenters. The summed E-state index contributed by atoms with van der Waals surface area (Å²) in [5.74, 6) is 0.406. The van der Waals surface area contributed by atoms with Gasteiger partial charge in [-0.25, -0.2) is 8.42 Å². The molecule has 1 aliphatic carbocycles. The van der Waals surface area contributed by atoms with Crippen molar-refractivity contribution in [1.29, 1.82) is 0 Å². The van der Waals surface area contributed by atoms with E-state index in [4.69, 9.17) is 0 Å². The molecule has 0 atom stereocenters. The van der Waals surface area contributed by atoms with Gasteiger partial charge in [0, 0.05) is 17.5 Å². The van der Waals surface area contributed by atoms with Crippen LogP contribution in [0.2, 0.25) is 0 Å². The molecule has 1 fully saturated rings. The molecule has 0 spiro atoms. The second-order valence-corrected chi connectivity index (χ2v) is 7.64. The topological polar surface area (TPSA) is 78.8 Å². The number of benzene rings is 1. The maximum Gasteiger partial charge on any atom is 0.263 e. The van der Waals surface area contributed by atoms with Gasteiger partial charge in [-0.2, -0.15) is 0 Å². The van der Waals surface area contributed by atoms with Crippen molar-refractivity contribution in [2.24, 2.45) is 10.4 Å². The minimum Gasteiger partial charge on any atom is -0.396 e. The molecule has 5 nitrogen and oxygen atoms in total. The molecule has 6 heteroatoms. The molecular formula is C15H20N2O3S. The highest BCUT2D eigenvalue weighted by Gasteiger charge is 2.34. The van der Waals surface area contributed by atoms with Crippen molar-refractivity contribution < 1.29 is 13.5 Å². The highest BCUT2D eigenvalue weighted by atomic mass is 32.2. The molecule has 2 aliphatic rings. The van der Waals surface area contributed by atoms with E-state index in [0.717, 1.165) is 25.7 Å². The van der Waals surface area contributed by atoms with Crippen LogP contribution in [0.15, 0.2) is 34.2 Å². The Hall–Kier alpha value is -1.40. The summed E-state index contributed by atoms with van der Waals surface area (Å²) in [6.45, 7) is 0.577. The summed E-state index contributed by atoms with van der Waals surface area (Å²) in [6.07, 6.45) is 5.32. The van der Waals surface area contributed by atoms with Gasteiger partial charge in [-0.15, -0.1) is 0 Å². The fraction of sp³-hybridized carbons (Fsp3) is 0.533. The molecule has 1 saturated carbocycles. The zero-order valence-electron chi connectivity index (χ0n) is 11.9. The molecule has 3 rings (SSSR count). The Morgan fingerprint density at radius 3 is 2.62 bits per heavy atom. The van der Waals surface area contributed by atoms with E-state index < -0.39 is 10.0 Å². The number of amidine groups is 1. The van der Waals surface area contributed by atoms with E-state index in [2.05, 4.69) is 9.71 Å². The normalized spacial score (nSPS) is 24.5. The van der Waals surface area contributed by atoms with Gasteiger partial charge in [0.15, 0.2) is 0 Å². The summed E-state index contributed by atoms with van der Waals surface area (Å²) < 4.78 is 26.6.